The average Bonchev–Trinajstić information content (AvgIpc) is 2.69. The van der Waals surface area contributed by atoms with E-state index in [0.717, 1.165) is 17.0 Å². The average molecular weight is 257 g/mol. The van der Waals surface area contributed by atoms with Gasteiger partial charge < -0.3 is 0 Å². The van der Waals surface area contributed by atoms with Crippen LogP contribution in [0.5, 0.6) is 0 Å². The molecule has 1 N–H and O–H groups in total. The first-order valence-electron chi connectivity index (χ1n) is 5.88. The number of aromatic nitrogens is 3. The zero-order valence-electron chi connectivity index (χ0n) is 10.9. The largest absolute Gasteiger partial charge is 0.271 e. The van der Waals surface area contributed by atoms with Crippen molar-refractivity contribution in [2.75, 3.05) is 0 Å². The number of carbonyl (C=O) groups excluding carboxylic acids is 1. The van der Waals surface area contributed by atoms with Crippen LogP contribution in [0.3, 0.4) is 0 Å². The number of aryl methyl sites for hydroxylation is 2. The Hall–Kier alpha value is -2.50. The van der Waals surface area contributed by atoms with Crippen LogP contribution in [0.2, 0.25) is 0 Å². The molecule has 0 spiro atoms. The third-order valence-corrected chi connectivity index (χ3v) is 2.48. The Labute approximate surface area is 111 Å². The van der Waals surface area contributed by atoms with Crippen molar-refractivity contribution in [1.82, 2.24) is 20.2 Å². The molecule has 0 aliphatic carbocycles. The Bertz CT molecular complexity index is 588. The summed E-state index contributed by atoms with van der Waals surface area (Å²) in [5, 5.41) is 8.08. The molecule has 2 rings (SSSR count). The van der Waals surface area contributed by atoms with Crippen molar-refractivity contribution in [3.05, 3.63) is 47.5 Å². The van der Waals surface area contributed by atoms with Crippen molar-refractivity contribution >= 4 is 12.1 Å². The van der Waals surface area contributed by atoms with E-state index >= 15 is 0 Å². The van der Waals surface area contributed by atoms with E-state index in [9.17, 15) is 4.79 Å². The number of amides is 1. The van der Waals surface area contributed by atoms with Crippen molar-refractivity contribution < 1.29 is 4.79 Å². The number of hydrogen-bond acceptors (Lipinski definition) is 4. The van der Waals surface area contributed by atoms with Crippen LogP contribution >= 0.6 is 0 Å². The van der Waals surface area contributed by atoms with Gasteiger partial charge in [-0.1, -0.05) is 6.07 Å². The molecule has 0 fully saturated rings. The second-order valence-electron chi connectivity index (χ2n) is 4.16. The maximum atomic E-state index is 11.7. The Morgan fingerprint density at radius 1 is 1.53 bits per heavy atom. The smallest absolute Gasteiger partial charge is 0.261 e. The summed E-state index contributed by atoms with van der Waals surface area (Å²) in [6.07, 6.45) is 4.89. The molecule has 98 valence electrons. The van der Waals surface area contributed by atoms with Crippen LogP contribution in [0.4, 0.5) is 0 Å². The zero-order chi connectivity index (χ0) is 13.7. The lowest BCUT2D eigenvalue weighted by Gasteiger charge is -2.02. The lowest BCUT2D eigenvalue weighted by Crippen LogP contribution is -2.24. The summed E-state index contributed by atoms with van der Waals surface area (Å²) in [5.74, 6) is -0.216. The van der Waals surface area contributed by atoms with Crippen molar-refractivity contribution in [2.45, 2.75) is 20.4 Å². The summed E-state index contributed by atoms with van der Waals surface area (Å²) in [7, 11) is 0. The fourth-order valence-corrected chi connectivity index (χ4v) is 1.64. The molecule has 0 aromatic carbocycles. The highest BCUT2D eigenvalue weighted by atomic mass is 16.2. The van der Waals surface area contributed by atoms with Gasteiger partial charge in [-0.3, -0.25) is 14.5 Å². The summed E-state index contributed by atoms with van der Waals surface area (Å²) < 4.78 is 1.64. The van der Waals surface area contributed by atoms with Crippen LogP contribution in [-0.4, -0.2) is 26.9 Å². The molecule has 2 heterocycles. The van der Waals surface area contributed by atoms with Crippen LogP contribution in [0.25, 0.3) is 0 Å². The van der Waals surface area contributed by atoms with Gasteiger partial charge in [0.1, 0.15) is 6.54 Å². The van der Waals surface area contributed by atoms with Crippen molar-refractivity contribution in [3.63, 3.8) is 0 Å². The van der Waals surface area contributed by atoms with Crippen LogP contribution < -0.4 is 5.43 Å². The van der Waals surface area contributed by atoms with Crippen LogP contribution in [0.15, 0.2) is 35.7 Å². The summed E-state index contributed by atoms with van der Waals surface area (Å²) >= 11 is 0. The van der Waals surface area contributed by atoms with Gasteiger partial charge in [-0.15, -0.1) is 0 Å². The van der Waals surface area contributed by atoms with Crippen LogP contribution in [0.1, 0.15) is 17.0 Å². The maximum Gasteiger partial charge on any atom is 0.261 e. The molecule has 0 aliphatic heterocycles. The number of nitrogens with zero attached hydrogens (tertiary/aromatic N) is 4. The van der Waals surface area contributed by atoms with E-state index in [1.54, 1.807) is 29.4 Å². The highest BCUT2D eigenvalue weighted by Crippen LogP contribution is 2.00. The van der Waals surface area contributed by atoms with E-state index in [-0.39, 0.29) is 12.5 Å². The summed E-state index contributed by atoms with van der Waals surface area (Å²) in [6, 6.07) is 5.58. The number of pyridine rings is 1. The van der Waals surface area contributed by atoms with Gasteiger partial charge in [-0.05, 0) is 26.0 Å². The first-order chi connectivity index (χ1) is 9.15. The SMILES string of the molecule is Cc1cc(C)n(CC(=O)N/N=C/c2cccnc2)n1. The first-order valence-corrected chi connectivity index (χ1v) is 5.88. The molecule has 1 amide bonds. The second kappa shape index (κ2) is 5.90. The minimum atomic E-state index is -0.216. The predicted octanol–water partition coefficient (Wildman–Crippen LogP) is 1.05. The summed E-state index contributed by atoms with van der Waals surface area (Å²) in [5.41, 5.74) is 5.13. The van der Waals surface area contributed by atoms with Gasteiger partial charge in [0.15, 0.2) is 0 Å². The fraction of sp³-hybridized carbons (Fsp3) is 0.231. The van der Waals surface area contributed by atoms with Crippen LogP contribution in [-0.2, 0) is 11.3 Å². The first kappa shape index (κ1) is 12.9. The lowest BCUT2D eigenvalue weighted by molar-refractivity contribution is -0.121. The van der Waals surface area contributed by atoms with E-state index in [1.807, 2.05) is 26.0 Å². The number of hydrazone groups is 1. The molecule has 0 saturated carbocycles. The van der Waals surface area contributed by atoms with Gasteiger partial charge in [-0.2, -0.15) is 10.2 Å². The third kappa shape index (κ3) is 3.74. The maximum absolute atomic E-state index is 11.7. The van der Waals surface area contributed by atoms with E-state index < -0.39 is 0 Å². The number of rotatable bonds is 4. The van der Waals surface area contributed by atoms with Gasteiger partial charge in [0.05, 0.1) is 11.9 Å². The molecule has 0 aliphatic rings. The van der Waals surface area contributed by atoms with Gasteiger partial charge in [0, 0.05) is 23.7 Å². The Balaban J connectivity index is 1.88. The Kier molecular flexibility index (Phi) is 4.02. The van der Waals surface area contributed by atoms with Crippen LogP contribution in [0, 0.1) is 13.8 Å². The van der Waals surface area contributed by atoms with E-state index in [1.165, 1.54) is 0 Å². The molecule has 0 unspecified atom stereocenters. The van der Waals surface area contributed by atoms with E-state index in [4.69, 9.17) is 0 Å². The predicted molar refractivity (Wildman–Crippen MR) is 71.7 cm³/mol. The number of carbonyl (C=O) groups is 1. The molecule has 0 bridgehead atoms. The molecule has 6 nitrogen and oxygen atoms in total. The fourth-order valence-electron chi connectivity index (χ4n) is 1.64. The number of nitrogens with one attached hydrogen (secondary N) is 1. The minimum absolute atomic E-state index is 0.157. The molecular formula is C13H15N5O. The van der Waals surface area contributed by atoms with Gasteiger partial charge in [0.25, 0.3) is 5.91 Å². The van der Waals surface area contributed by atoms with Gasteiger partial charge in [0.2, 0.25) is 0 Å². The Morgan fingerprint density at radius 2 is 2.37 bits per heavy atom. The topological polar surface area (TPSA) is 72.2 Å². The summed E-state index contributed by atoms with van der Waals surface area (Å²) in [4.78, 5) is 15.6. The summed E-state index contributed by atoms with van der Waals surface area (Å²) in [6.45, 7) is 3.96. The lowest BCUT2D eigenvalue weighted by atomic mass is 10.3. The molecular weight excluding hydrogens is 242 g/mol. The van der Waals surface area contributed by atoms with Crippen molar-refractivity contribution in [3.8, 4) is 0 Å². The molecule has 0 saturated heterocycles. The van der Waals surface area contributed by atoms with Crippen molar-refractivity contribution in [1.29, 1.82) is 0 Å². The second-order valence-corrected chi connectivity index (χ2v) is 4.16. The third-order valence-electron chi connectivity index (χ3n) is 2.48. The molecule has 0 radical (unpaired) electrons. The molecule has 0 atom stereocenters. The molecule has 19 heavy (non-hydrogen) atoms. The zero-order valence-corrected chi connectivity index (χ0v) is 10.9. The van der Waals surface area contributed by atoms with Gasteiger partial charge in [-0.25, -0.2) is 5.43 Å². The molecule has 6 heteroatoms. The van der Waals surface area contributed by atoms with Crippen molar-refractivity contribution in [2.24, 2.45) is 5.10 Å². The highest BCUT2D eigenvalue weighted by Gasteiger charge is 2.05. The molecule has 2 aromatic heterocycles. The Morgan fingerprint density at radius 3 is 3.00 bits per heavy atom. The normalized spacial score (nSPS) is 10.8. The van der Waals surface area contributed by atoms with E-state index in [2.05, 4.69) is 20.6 Å². The minimum Gasteiger partial charge on any atom is -0.271 e. The van der Waals surface area contributed by atoms with E-state index in [0.29, 0.717) is 0 Å². The monoisotopic (exact) mass is 257 g/mol. The quantitative estimate of drug-likeness (QED) is 0.657. The van der Waals surface area contributed by atoms with Gasteiger partial charge >= 0.3 is 0 Å². The molecule has 2 aromatic rings. The highest BCUT2D eigenvalue weighted by molar-refractivity contribution is 5.81. The standard InChI is InChI=1S/C13H15N5O/c1-10-6-11(2)18(17-10)9-13(19)16-15-8-12-4-3-5-14-7-12/h3-8H,9H2,1-2H3,(H,16,19)/b15-8+. The number of hydrogen-bond donors (Lipinski definition) is 1.